The minimum absolute atomic E-state index is 0.192. The van der Waals surface area contributed by atoms with Crippen molar-refractivity contribution in [3.8, 4) is 11.5 Å². The van der Waals surface area contributed by atoms with E-state index in [-0.39, 0.29) is 11.8 Å². The number of hydrogen-bond acceptors (Lipinski definition) is 5. The summed E-state index contributed by atoms with van der Waals surface area (Å²) in [5.74, 6) is 0.692. The minimum Gasteiger partial charge on any atom is -0.493 e. The number of rotatable bonds is 10. The van der Waals surface area contributed by atoms with Crippen LogP contribution in [-0.4, -0.2) is 37.8 Å². The number of ether oxygens (including phenoxy) is 2. The minimum atomic E-state index is -0.731. The molecule has 0 fully saturated rings. The summed E-state index contributed by atoms with van der Waals surface area (Å²) in [5.41, 5.74) is 3.68. The van der Waals surface area contributed by atoms with Crippen molar-refractivity contribution in [2.24, 2.45) is 11.0 Å². The summed E-state index contributed by atoms with van der Waals surface area (Å²) >= 11 is 8.03. The molecule has 0 saturated heterocycles. The van der Waals surface area contributed by atoms with E-state index in [4.69, 9.17) is 21.1 Å². The second-order valence-electron chi connectivity index (χ2n) is 7.36. The van der Waals surface area contributed by atoms with Crippen molar-refractivity contribution in [2.45, 2.75) is 33.2 Å². The molecule has 1 unspecified atom stereocenters. The van der Waals surface area contributed by atoms with E-state index in [1.807, 2.05) is 26.8 Å². The molecule has 2 amide bonds. The van der Waals surface area contributed by atoms with Crippen LogP contribution in [0.2, 0.25) is 5.02 Å². The lowest BCUT2D eigenvalue weighted by molar-refractivity contribution is -0.123. The largest absolute Gasteiger partial charge is 0.493 e. The molecular formula is C23H27ClIN3O4. The van der Waals surface area contributed by atoms with E-state index >= 15 is 0 Å². The normalized spacial score (nSPS) is 12.0. The van der Waals surface area contributed by atoms with E-state index in [1.165, 1.54) is 6.21 Å². The number of methoxy groups -OCH3 is 1. The van der Waals surface area contributed by atoms with Crippen LogP contribution in [0.25, 0.3) is 0 Å². The van der Waals surface area contributed by atoms with Crippen LogP contribution in [0, 0.1) is 9.49 Å². The number of hydrogen-bond donors (Lipinski definition) is 2. The van der Waals surface area contributed by atoms with Gasteiger partial charge in [-0.3, -0.25) is 9.59 Å². The standard InChI is InChI=1S/C23H27ClIN3O4/c1-5-32-21-18(25)11-15(12-20(21)31-4)13-26-28-23(30)19(10-14(2)3)27-22(29)16-6-8-17(24)9-7-16/h6-9,11-14,19H,5,10H2,1-4H3,(H,27,29)(H,28,30)/b26-13+. The molecule has 0 aliphatic carbocycles. The fourth-order valence-electron chi connectivity index (χ4n) is 2.89. The van der Waals surface area contributed by atoms with Gasteiger partial charge in [0.1, 0.15) is 6.04 Å². The summed E-state index contributed by atoms with van der Waals surface area (Å²) in [7, 11) is 1.57. The monoisotopic (exact) mass is 571 g/mol. The first-order valence-electron chi connectivity index (χ1n) is 10.1. The van der Waals surface area contributed by atoms with Crippen LogP contribution in [0.1, 0.15) is 43.1 Å². The topological polar surface area (TPSA) is 89.0 Å². The molecule has 32 heavy (non-hydrogen) atoms. The highest BCUT2D eigenvalue weighted by atomic mass is 127. The Balaban J connectivity index is 2.09. The third-order valence-electron chi connectivity index (χ3n) is 4.36. The molecule has 0 radical (unpaired) electrons. The van der Waals surface area contributed by atoms with Gasteiger partial charge in [0, 0.05) is 10.6 Å². The summed E-state index contributed by atoms with van der Waals surface area (Å²) in [4.78, 5) is 25.3. The van der Waals surface area contributed by atoms with E-state index in [1.54, 1.807) is 37.4 Å². The average Bonchev–Trinajstić information content (AvgIpc) is 2.75. The highest BCUT2D eigenvalue weighted by Crippen LogP contribution is 2.33. The van der Waals surface area contributed by atoms with Crippen molar-refractivity contribution in [1.29, 1.82) is 0 Å². The molecule has 0 heterocycles. The van der Waals surface area contributed by atoms with Gasteiger partial charge in [-0.15, -0.1) is 0 Å². The summed E-state index contributed by atoms with van der Waals surface area (Å²) in [6.45, 7) is 6.38. The van der Waals surface area contributed by atoms with Crippen LogP contribution < -0.4 is 20.2 Å². The number of amides is 2. The Morgan fingerprint density at radius 2 is 1.91 bits per heavy atom. The second kappa shape index (κ2) is 12.6. The quantitative estimate of drug-likeness (QED) is 0.247. The number of benzene rings is 2. The third-order valence-corrected chi connectivity index (χ3v) is 5.42. The summed E-state index contributed by atoms with van der Waals surface area (Å²) in [6, 6.07) is 9.40. The molecule has 2 aromatic carbocycles. The Morgan fingerprint density at radius 3 is 2.50 bits per heavy atom. The molecule has 9 heteroatoms. The lowest BCUT2D eigenvalue weighted by Crippen LogP contribution is -2.46. The zero-order valence-corrected chi connectivity index (χ0v) is 21.4. The predicted octanol–water partition coefficient (Wildman–Crippen LogP) is 4.65. The van der Waals surface area contributed by atoms with E-state index in [0.29, 0.717) is 35.1 Å². The first kappa shape index (κ1) is 25.9. The third kappa shape index (κ3) is 7.67. The summed E-state index contributed by atoms with van der Waals surface area (Å²) in [5, 5.41) is 7.37. The van der Waals surface area contributed by atoms with Crippen molar-refractivity contribution in [3.63, 3.8) is 0 Å². The molecule has 0 bridgehead atoms. The van der Waals surface area contributed by atoms with Crippen LogP contribution in [0.4, 0.5) is 0 Å². The SMILES string of the molecule is CCOc1c(I)cc(/C=N/NC(=O)C(CC(C)C)NC(=O)c2ccc(Cl)cc2)cc1OC. The summed E-state index contributed by atoms with van der Waals surface area (Å²) < 4.78 is 11.9. The molecule has 1 atom stereocenters. The Kier molecular flexibility index (Phi) is 10.2. The fourth-order valence-corrected chi connectivity index (χ4v) is 3.80. The first-order chi connectivity index (χ1) is 15.2. The number of carbonyl (C=O) groups excluding carboxylic acids is 2. The zero-order chi connectivity index (χ0) is 23.7. The van der Waals surface area contributed by atoms with Crippen molar-refractivity contribution in [2.75, 3.05) is 13.7 Å². The lowest BCUT2D eigenvalue weighted by atomic mass is 10.0. The van der Waals surface area contributed by atoms with Gasteiger partial charge in [0.05, 0.1) is 23.5 Å². The van der Waals surface area contributed by atoms with Crippen LogP contribution in [0.15, 0.2) is 41.5 Å². The van der Waals surface area contributed by atoms with Gasteiger partial charge < -0.3 is 14.8 Å². The van der Waals surface area contributed by atoms with E-state index < -0.39 is 11.9 Å². The molecule has 0 spiro atoms. The molecule has 0 aromatic heterocycles. The maximum atomic E-state index is 12.7. The Labute approximate surface area is 207 Å². The average molecular weight is 572 g/mol. The van der Waals surface area contributed by atoms with Gasteiger partial charge >= 0.3 is 0 Å². The van der Waals surface area contributed by atoms with Crippen molar-refractivity contribution in [3.05, 3.63) is 56.1 Å². The van der Waals surface area contributed by atoms with Gasteiger partial charge in [-0.05, 0) is 83.8 Å². The smallest absolute Gasteiger partial charge is 0.262 e. The highest BCUT2D eigenvalue weighted by molar-refractivity contribution is 14.1. The molecule has 2 N–H and O–H groups in total. The Bertz CT molecular complexity index is 964. The van der Waals surface area contributed by atoms with Crippen LogP contribution >= 0.6 is 34.2 Å². The van der Waals surface area contributed by atoms with Gasteiger partial charge in [0.2, 0.25) is 0 Å². The molecular weight excluding hydrogens is 545 g/mol. The van der Waals surface area contributed by atoms with Crippen LogP contribution in [0.5, 0.6) is 11.5 Å². The molecule has 2 aromatic rings. The Hall–Kier alpha value is -2.33. The van der Waals surface area contributed by atoms with E-state index in [2.05, 4.69) is 38.4 Å². The van der Waals surface area contributed by atoms with Gasteiger partial charge in [0.25, 0.3) is 11.8 Å². The Morgan fingerprint density at radius 1 is 1.22 bits per heavy atom. The van der Waals surface area contributed by atoms with Gasteiger partial charge in [-0.1, -0.05) is 25.4 Å². The maximum Gasteiger partial charge on any atom is 0.262 e. The number of carbonyl (C=O) groups is 2. The molecule has 2 rings (SSSR count). The highest BCUT2D eigenvalue weighted by Gasteiger charge is 2.22. The lowest BCUT2D eigenvalue weighted by Gasteiger charge is -2.19. The number of halogens is 2. The first-order valence-corrected chi connectivity index (χ1v) is 11.6. The molecule has 0 aliphatic heterocycles. The van der Waals surface area contributed by atoms with Crippen molar-refractivity contribution >= 4 is 52.2 Å². The van der Waals surface area contributed by atoms with Gasteiger partial charge in [0.15, 0.2) is 11.5 Å². The van der Waals surface area contributed by atoms with Crippen LogP contribution in [0.3, 0.4) is 0 Å². The summed E-state index contributed by atoms with van der Waals surface area (Å²) in [6.07, 6.45) is 1.99. The predicted molar refractivity (Wildman–Crippen MR) is 135 cm³/mol. The van der Waals surface area contributed by atoms with E-state index in [9.17, 15) is 9.59 Å². The maximum absolute atomic E-state index is 12.7. The van der Waals surface area contributed by atoms with Crippen molar-refractivity contribution in [1.82, 2.24) is 10.7 Å². The second-order valence-corrected chi connectivity index (χ2v) is 8.96. The van der Waals surface area contributed by atoms with Crippen LogP contribution in [-0.2, 0) is 4.79 Å². The number of nitrogens with zero attached hydrogens (tertiary/aromatic N) is 1. The zero-order valence-electron chi connectivity index (χ0n) is 18.4. The molecule has 172 valence electrons. The molecule has 0 aliphatic rings. The van der Waals surface area contributed by atoms with Crippen molar-refractivity contribution < 1.29 is 19.1 Å². The molecule has 7 nitrogen and oxygen atoms in total. The van der Waals surface area contributed by atoms with Gasteiger partial charge in [-0.2, -0.15) is 5.10 Å². The number of nitrogens with one attached hydrogen (secondary N) is 2. The fraction of sp³-hybridized carbons (Fsp3) is 0.348. The van der Waals surface area contributed by atoms with Gasteiger partial charge in [-0.25, -0.2) is 5.43 Å². The number of hydrazone groups is 1. The van der Waals surface area contributed by atoms with E-state index in [0.717, 1.165) is 9.13 Å². The molecule has 0 saturated carbocycles.